The molecular weight excluding hydrogens is 364 g/mol. The van der Waals surface area contributed by atoms with Crippen LogP contribution >= 0.6 is 0 Å². The van der Waals surface area contributed by atoms with Crippen LogP contribution in [0.25, 0.3) is 0 Å². The Kier molecular flexibility index (Phi) is 6.27. The maximum absolute atomic E-state index is 13.6. The summed E-state index contributed by atoms with van der Waals surface area (Å²) in [5.74, 6) is -2.32. The summed E-state index contributed by atoms with van der Waals surface area (Å²) >= 11 is 0. The topological polar surface area (TPSA) is 87.3 Å². The first-order chi connectivity index (χ1) is 12.2. The fourth-order valence-electron chi connectivity index (χ4n) is 2.13. The molecule has 140 valence electrons. The van der Waals surface area contributed by atoms with Gasteiger partial charge in [0.1, 0.15) is 11.6 Å². The molecule has 2 aromatic carbocycles. The molecular formula is C17H19F2N3O3S. The molecule has 0 saturated carbocycles. The number of urea groups is 1. The third kappa shape index (κ3) is 5.24. The van der Waals surface area contributed by atoms with E-state index in [4.69, 9.17) is 0 Å². The number of anilines is 1. The minimum Gasteiger partial charge on any atom is -0.336 e. The van der Waals surface area contributed by atoms with Crippen molar-refractivity contribution in [1.29, 1.82) is 0 Å². The van der Waals surface area contributed by atoms with Crippen LogP contribution in [-0.2, 0) is 16.6 Å². The number of halogens is 2. The monoisotopic (exact) mass is 383 g/mol. The van der Waals surface area contributed by atoms with Gasteiger partial charge in [-0.15, -0.1) is 0 Å². The highest BCUT2D eigenvalue weighted by atomic mass is 32.2. The fraction of sp³-hybridized carbons (Fsp3) is 0.235. The molecule has 0 heterocycles. The van der Waals surface area contributed by atoms with Gasteiger partial charge in [0.15, 0.2) is 4.90 Å². The van der Waals surface area contributed by atoms with E-state index in [1.54, 1.807) is 24.3 Å². The molecule has 2 rings (SSSR count). The summed E-state index contributed by atoms with van der Waals surface area (Å²) in [6.45, 7) is 3.50. The van der Waals surface area contributed by atoms with Gasteiger partial charge in [-0.1, -0.05) is 18.2 Å². The zero-order valence-corrected chi connectivity index (χ0v) is 15.0. The zero-order valence-electron chi connectivity index (χ0n) is 14.2. The zero-order chi connectivity index (χ0) is 19.3. The molecule has 2 aromatic rings. The van der Waals surface area contributed by atoms with Crippen molar-refractivity contribution in [3.63, 3.8) is 0 Å². The average Bonchev–Trinajstić information content (AvgIpc) is 2.53. The molecule has 26 heavy (non-hydrogen) atoms. The van der Waals surface area contributed by atoms with E-state index in [1.165, 1.54) is 0 Å². The summed E-state index contributed by atoms with van der Waals surface area (Å²) in [6, 6.07) is 8.83. The molecule has 0 atom stereocenters. The minimum atomic E-state index is -4.34. The van der Waals surface area contributed by atoms with E-state index in [0.717, 1.165) is 18.2 Å². The van der Waals surface area contributed by atoms with Gasteiger partial charge in [0.05, 0.1) is 0 Å². The maximum Gasteiger partial charge on any atom is 0.319 e. The van der Waals surface area contributed by atoms with Gasteiger partial charge in [0, 0.05) is 18.3 Å². The van der Waals surface area contributed by atoms with Crippen LogP contribution in [0.3, 0.4) is 0 Å². The highest BCUT2D eigenvalue weighted by molar-refractivity contribution is 7.89. The Balaban J connectivity index is 2.02. The Hall–Kier alpha value is -2.52. The molecule has 3 N–H and O–H groups in total. The molecule has 0 bridgehead atoms. The molecule has 0 aliphatic heterocycles. The van der Waals surface area contributed by atoms with E-state index < -0.39 is 26.6 Å². The van der Waals surface area contributed by atoms with Crippen molar-refractivity contribution in [2.24, 2.45) is 0 Å². The fourth-order valence-corrected chi connectivity index (χ4v) is 3.28. The molecule has 0 aliphatic rings. The lowest BCUT2D eigenvalue weighted by Crippen LogP contribution is -2.34. The summed E-state index contributed by atoms with van der Waals surface area (Å²) < 4.78 is 53.6. The van der Waals surface area contributed by atoms with E-state index in [9.17, 15) is 22.0 Å². The highest BCUT2D eigenvalue weighted by Crippen LogP contribution is 2.18. The molecule has 9 heteroatoms. The van der Waals surface area contributed by atoms with E-state index in [-0.39, 0.29) is 18.6 Å². The smallest absolute Gasteiger partial charge is 0.319 e. The first-order valence-corrected chi connectivity index (χ1v) is 9.27. The Morgan fingerprint density at radius 3 is 2.15 bits per heavy atom. The predicted molar refractivity (Wildman–Crippen MR) is 94.1 cm³/mol. The minimum absolute atomic E-state index is 0.0116. The quantitative estimate of drug-likeness (QED) is 0.717. The van der Waals surface area contributed by atoms with E-state index >= 15 is 0 Å². The van der Waals surface area contributed by atoms with Gasteiger partial charge in [-0.3, -0.25) is 0 Å². The second-order valence-electron chi connectivity index (χ2n) is 5.83. The van der Waals surface area contributed by atoms with Crippen molar-refractivity contribution in [2.45, 2.75) is 31.3 Å². The number of rotatable bonds is 6. The van der Waals surface area contributed by atoms with Crippen molar-refractivity contribution >= 4 is 21.7 Å². The summed E-state index contributed by atoms with van der Waals surface area (Å²) in [7, 11) is -4.34. The molecule has 0 spiro atoms. The molecule has 0 saturated heterocycles. The van der Waals surface area contributed by atoms with Crippen molar-refractivity contribution in [2.75, 3.05) is 5.32 Å². The average molecular weight is 383 g/mol. The van der Waals surface area contributed by atoms with E-state index in [2.05, 4.69) is 15.4 Å². The Labute approximate surface area is 150 Å². The van der Waals surface area contributed by atoms with Crippen molar-refractivity contribution in [1.82, 2.24) is 10.0 Å². The van der Waals surface area contributed by atoms with Crippen LogP contribution in [0.2, 0.25) is 0 Å². The molecule has 2 amide bonds. The van der Waals surface area contributed by atoms with Crippen LogP contribution in [0.15, 0.2) is 47.4 Å². The van der Waals surface area contributed by atoms with Gasteiger partial charge in [-0.25, -0.2) is 26.7 Å². The maximum atomic E-state index is 13.6. The predicted octanol–water partition coefficient (Wildman–Crippen LogP) is 2.97. The lowest BCUT2D eigenvalue weighted by molar-refractivity contribution is 0.250. The Morgan fingerprint density at radius 1 is 1.04 bits per heavy atom. The Bertz CT molecular complexity index is 864. The second-order valence-corrected chi connectivity index (χ2v) is 7.53. The summed E-state index contributed by atoms with van der Waals surface area (Å²) in [4.78, 5) is 10.6. The number of sulfonamides is 1. The van der Waals surface area contributed by atoms with E-state index in [0.29, 0.717) is 11.3 Å². The van der Waals surface area contributed by atoms with Gasteiger partial charge in [0.25, 0.3) is 0 Å². The van der Waals surface area contributed by atoms with Crippen molar-refractivity contribution < 1.29 is 22.0 Å². The lowest BCUT2D eigenvalue weighted by Gasteiger charge is -2.11. The normalized spacial score (nSPS) is 11.4. The summed E-state index contributed by atoms with van der Waals surface area (Å²) in [5, 5.41) is 5.29. The molecule has 0 unspecified atom stereocenters. The van der Waals surface area contributed by atoms with Crippen LogP contribution in [0.5, 0.6) is 0 Å². The molecule has 0 aliphatic carbocycles. The van der Waals surface area contributed by atoms with Crippen LogP contribution < -0.4 is 15.4 Å². The second kappa shape index (κ2) is 8.24. The number of carbonyl (C=O) groups is 1. The van der Waals surface area contributed by atoms with Gasteiger partial charge in [-0.2, -0.15) is 0 Å². The van der Waals surface area contributed by atoms with Gasteiger partial charge < -0.3 is 10.6 Å². The van der Waals surface area contributed by atoms with E-state index in [1.807, 2.05) is 13.8 Å². The third-order valence-electron chi connectivity index (χ3n) is 3.29. The third-order valence-corrected chi connectivity index (χ3v) is 4.74. The van der Waals surface area contributed by atoms with Gasteiger partial charge in [-0.05, 0) is 43.7 Å². The molecule has 0 fully saturated rings. The SMILES string of the molecule is CC(C)NC(=O)Nc1ccc(CNS(=O)(=O)c2c(F)cccc2F)cc1. The molecule has 6 nitrogen and oxygen atoms in total. The Morgan fingerprint density at radius 2 is 1.62 bits per heavy atom. The number of benzene rings is 2. The van der Waals surface area contributed by atoms with Gasteiger partial charge >= 0.3 is 6.03 Å². The number of amides is 2. The van der Waals surface area contributed by atoms with Crippen LogP contribution in [0.1, 0.15) is 19.4 Å². The van der Waals surface area contributed by atoms with Crippen LogP contribution in [-0.4, -0.2) is 20.5 Å². The number of nitrogens with one attached hydrogen (secondary N) is 3. The number of carbonyl (C=O) groups excluding carboxylic acids is 1. The van der Waals surface area contributed by atoms with Crippen molar-refractivity contribution in [3.8, 4) is 0 Å². The summed E-state index contributed by atoms with van der Waals surface area (Å²) in [6.07, 6.45) is 0. The first-order valence-electron chi connectivity index (χ1n) is 7.79. The highest BCUT2D eigenvalue weighted by Gasteiger charge is 2.23. The first kappa shape index (κ1) is 19.8. The number of hydrogen-bond acceptors (Lipinski definition) is 3. The lowest BCUT2D eigenvalue weighted by atomic mass is 10.2. The summed E-state index contributed by atoms with van der Waals surface area (Å²) in [5.41, 5.74) is 1.08. The largest absolute Gasteiger partial charge is 0.336 e. The van der Waals surface area contributed by atoms with Crippen molar-refractivity contribution in [3.05, 3.63) is 59.7 Å². The number of hydrogen-bond donors (Lipinski definition) is 3. The standard InChI is InChI=1S/C17H19F2N3O3S/c1-11(2)21-17(23)22-13-8-6-12(7-9-13)10-20-26(24,25)16-14(18)4-3-5-15(16)19/h3-9,11,20H,10H2,1-2H3,(H2,21,22,23). The van der Waals surface area contributed by atoms with Crippen LogP contribution in [0.4, 0.5) is 19.3 Å². The van der Waals surface area contributed by atoms with Gasteiger partial charge in [0.2, 0.25) is 10.0 Å². The molecule has 0 aromatic heterocycles. The van der Waals surface area contributed by atoms with Crippen LogP contribution in [0, 0.1) is 11.6 Å². The molecule has 0 radical (unpaired) electrons.